The maximum absolute atomic E-state index is 11.5. The van der Waals surface area contributed by atoms with Crippen molar-refractivity contribution >= 4 is 17.9 Å². The first-order chi connectivity index (χ1) is 8.99. The Kier molecular flexibility index (Phi) is 4.98. The van der Waals surface area contributed by atoms with Crippen molar-refractivity contribution in [1.82, 2.24) is 25.6 Å². The number of urea groups is 1. The average molecular weight is 269 g/mol. The predicted molar refractivity (Wildman–Crippen MR) is 63.3 cm³/mol. The first kappa shape index (κ1) is 14.6. The standard InChI is InChI=1S/C10H15N5O4/c1-4-19-9(17)8-6(2)15(14-13-8)5-7(16)12-10(18)11-3/h4-5H2,1-3H3,(H2,11,12,16,18). The van der Waals surface area contributed by atoms with Gasteiger partial charge >= 0.3 is 12.0 Å². The van der Waals surface area contributed by atoms with Gasteiger partial charge in [-0.2, -0.15) is 0 Å². The van der Waals surface area contributed by atoms with E-state index in [1.165, 1.54) is 11.7 Å². The van der Waals surface area contributed by atoms with Gasteiger partial charge in [0, 0.05) is 7.05 Å². The van der Waals surface area contributed by atoms with Gasteiger partial charge in [0.1, 0.15) is 6.54 Å². The summed E-state index contributed by atoms with van der Waals surface area (Å²) in [7, 11) is 1.39. The van der Waals surface area contributed by atoms with Crippen LogP contribution in [0, 0.1) is 6.92 Å². The Hall–Kier alpha value is -2.45. The number of nitrogens with zero attached hydrogens (tertiary/aromatic N) is 3. The second kappa shape index (κ2) is 6.47. The number of imide groups is 1. The van der Waals surface area contributed by atoms with Crippen molar-refractivity contribution in [2.75, 3.05) is 13.7 Å². The molecule has 9 heteroatoms. The Labute approximate surface area is 109 Å². The minimum Gasteiger partial charge on any atom is -0.461 e. The Morgan fingerprint density at radius 2 is 2.05 bits per heavy atom. The van der Waals surface area contributed by atoms with E-state index in [1.807, 2.05) is 0 Å². The van der Waals surface area contributed by atoms with Crippen LogP contribution in [0.2, 0.25) is 0 Å². The number of carbonyl (C=O) groups excluding carboxylic acids is 3. The van der Waals surface area contributed by atoms with Crippen LogP contribution in [0.5, 0.6) is 0 Å². The molecule has 0 bridgehead atoms. The summed E-state index contributed by atoms with van der Waals surface area (Å²) in [6, 6.07) is -0.617. The Morgan fingerprint density at radius 1 is 1.37 bits per heavy atom. The van der Waals surface area contributed by atoms with Gasteiger partial charge in [-0.3, -0.25) is 10.1 Å². The lowest BCUT2D eigenvalue weighted by Gasteiger charge is -2.04. The smallest absolute Gasteiger partial charge is 0.360 e. The van der Waals surface area contributed by atoms with E-state index < -0.39 is 17.9 Å². The Morgan fingerprint density at radius 3 is 2.63 bits per heavy atom. The molecule has 2 N–H and O–H groups in total. The molecule has 1 aromatic rings. The van der Waals surface area contributed by atoms with E-state index in [-0.39, 0.29) is 18.8 Å². The third-order valence-corrected chi connectivity index (χ3v) is 2.22. The summed E-state index contributed by atoms with van der Waals surface area (Å²) >= 11 is 0. The van der Waals surface area contributed by atoms with Crippen LogP contribution in [-0.4, -0.2) is 46.6 Å². The maximum atomic E-state index is 11.5. The molecule has 0 saturated carbocycles. The van der Waals surface area contributed by atoms with Gasteiger partial charge in [-0.15, -0.1) is 5.10 Å². The van der Waals surface area contributed by atoms with E-state index in [4.69, 9.17) is 4.74 Å². The predicted octanol–water partition coefficient (Wildman–Crippen LogP) is -0.781. The SMILES string of the molecule is CCOC(=O)c1nnn(CC(=O)NC(=O)NC)c1C. The van der Waals surface area contributed by atoms with E-state index in [2.05, 4.69) is 20.9 Å². The molecule has 0 aliphatic heterocycles. The van der Waals surface area contributed by atoms with Gasteiger partial charge in [-0.25, -0.2) is 14.3 Å². The van der Waals surface area contributed by atoms with E-state index in [9.17, 15) is 14.4 Å². The van der Waals surface area contributed by atoms with Crippen molar-refractivity contribution in [1.29, 1.82) is 0 Å². The number of hydrogen-bond donors (Lipinski definition) is 2. The fourth-order valence-electron chi connectivity index (χ4n) is 1.26. The quantitative estimate of drug-likeness (QED) is 0.693. The molecule has 0 unspecified atom stereocenters. The van der Waals surface area contributed by atoms with Gasteiger partial charge in [-0.1, -0.05) is 5.21 Å². The molecular formula is C10H15N5O4. The largest absolute Gasteiger partial charge is 0.461 e. The lowest BCUT2D eigenvalue weighted by molar-refractivity contribution is -0.120. The van der Waals surface area contributed by atoms with Crippen molar-refractivity contribution in [3.8, 4) is 0 Å². The van der Waals surface area contributed by atoms with Crippen LogP contribution in [0.1, 0.15) is 23.1 Å². The number of carbonyl (C=O) groups is 3. The molecule has 9 nitrogen and oxygen atoms in total. The highest BCUT2D eigenvalue weighted by Crippen LogP contribution is 2.05. The Bertz CT molecular complexity index is 496. The van der Waals surface area contributed by atoms with Crippen molar-refractivity contribution in [2.24, 2.45) is 0 Å². The van der Waals surface area contributed by atoms with E-state index in [1.54, 1.807) is 13.8 Å². The number of esters is 1. The summed E-state index contributed by atoms with van der Waals surface area (Å²) in [6.07, 6.45) is 0. The summed E-state index contributed by atoms with van der Waals surface area (Å²) in [4.78, 5) is 33.9. The monoisotopic (exact) mass is 269 g/mol. The van der Waals surface area contributed by atoms with Crippen LogP contribution in [0.25, 0.3) is 0 Å². The second-order valence-corrected chi connectivity index (χ2v) is 3.53. The minimum atomic E-state index is -0.617. The highest BCUT2D eigenvalue weighted by atomic mass is 16.5. The highest BCUT2D eigenvalue weighted by Gasteiger charge is 2.19. The molecule has 1 aromatic heterocycles. The molecule has 1 heterocycles. The molecule has 0 fully saturated rings. The summed E-state index contributed by atoms with van der Waals surface area (Å²) in [5.41, 5.74) is 0.445. The number of aromatic nitrogens is 3. The molecule has 0 radical (unpaired) electrons. The zero-order valence-electron chi connectivity index (χ0n) is 10.9. The summed E-state index contributed by atoms with van der Waals surface area (Å²) in [5.74, 6) is -1.17. The van der Waals surface area contributed by atoms with Crippen LogP contribution in [-0.2, 0) is 16.1 Å². The molecule has 0 aromatic carbocycles. The van der Waals surface area contributed by atoms with Gasteiger partial charge < -0.3 is 10.1 Å². The zero-order chi connectivity index (χ0) is 14.4. The van der Waals surface area contributed by atoms with E-state index in [0.29, 0.717) is 5.69 Å². The van der Waals surface area contributed by atoms with Crippen LogP contribution >= 0.6 is 0 Å². The Balaban J connectivity index is 2.73. The second-order valence-electron chi connectivity index (χ2n) is 3.53. The molecule has 0 saturated heterocycles. The lowest BCUT2D eigenvalue weighted by Crippen LogP contribution is -2.39. The molecule has 104 valence electrons. The fourth-order valence-corrected chi connectivity index (χ4v) is 1.26. The zero-order valence-corrected chi connectivity index (χ0v) is 10.9. The van der Waals surface area contributed by atoms with Gasteiger partial charge in [0.2, 0.25) is 5.91 Å². The molecule has 0 aliphatic carbocycles. The van der Waals surface area contributed by atoms with Crippen molar-refractivity contribution in [2.45, 2.75) is 20.4 Å². The molecule has 0 spiro atoms. The number of rotatable bonds is 4. The van der Waals surface area contributed by atoms with Crippen LogP contribution in [0.3, 0.4) is 0 Å². The first-order valence-corrected chi connectivity index (χ1v) is 5.58. The number of hydrogen-bond acceptors (Lipinski definition) is 6. The number of amides is 3. The van der Waals surface area contributed by atoms with Crippen molar-refractivity contribution < 1.29 is 19.1 Å². The molecule has 0 aliphatic rings. The maximum Gasteiger partial charge on any atom is 0.360 e. The third-order valence-electron chi connectivity index (χ3n) is 2.22. The van der Waals surface area contributed by atoms with E-state index in [0.717, 1.165) is 0 Å². The number of nitrogens with one attached hydrogen (secondary N) is 2. The topological polar surface area (TPSA) is 115 Å². The molecular weight excluding hydrogens is 254 g/mol. The molecule has 1 rings (SSSR count). The van der Waals surface area contributed by atoms with Crippen molar-refractivity contribution in [3.63, 3.8) is 0 Å². The normalized spacial score (nSPS) is 9.84. The molecule has 3 amide bonds. The lowest BCUT2D eigenvalue weighted by atomic mass is 10.3. The van der Waals surface area contributed by atoms with Crippen LogP contribution in [0.15, 0.2) is 0 Å². The van der Waals surface area contributed by atoms with E-state index >= 15 is 0 Å². The van der Waals surface area contributed by atoms with Gasteiger partial charge in [0.25, 0.3) is 0 Å². The molecule has 19 heavy (non-hydrogen) atoms. The summed E-state index contributed by atoms with van der Waals surface area (Å²) in [5, 5.41) is 11.6. The molecule has 0 atom stereocenters. The average Bonchev–Trinajstić information content (AvgIpc) is 2.71. The van der Waals surface area contributed by atoms with Crippen LogP contribution in [0.4, 0.5) is 4.79 Å². The summed E-state index contributed by atoms with van der Waals surface area (Å²) < 4.78 is 6.00. The highest BCUT2D eigenvalue weighted by molar-refractivity contribution is 5.94. The van der Waals surface area contributed by atoms with Gasteiger partial charge in [-0.05, 0) is 13.8 Å². The summed E-state index contributed by atoms with van der Waals surface area (Å²) in [6.45, 7) is 3.27. The van der Waals surface area contributed by atoms with Crippen LogP contribution < -0.4 is 10.6 Å². The number of ether oxygens (including phenoxy) is 1. The first-order valence-electron chi connectivity index (χ1n) is 5.58. The van der Waals surface area contributed by atoms with Gasteiger partial charge in [0.05, 0.1) is 12.3 Å². The van der Waals surface area contributed by atoms with Gasteiger partial charge in [0.15, 0.2) is 5.69 Å². The fraction of sp³-hybridized carbons (Fsp3) is 0.500. The minimum absolute atomic E-state index is 0.0505. The third kappa shape index (κ3) is 3.76. The van der Waals surface area contributed by atoms with Crippen molar-refractivity contribution in [3.05, 3.63) is 11.4 Å².